The Hall–Kier alpha value is -2.93. The zero-order valence-corrected chi connectivity index (χ0v) is 13.1. The third kappa shape index (κ3) is 3.77. The van der Waals surface area contributed by atoms with Crippen molar-refractivity contribution in [2.45, 2.75) is 12.2 Å². The van der Waals surface area contributed by atoms with Crippen LogP contribution in [0.25, 0.3) is 0 Å². The summed E-state index contributed by atoms with van der Waals surface area (Å²) in [4.78, 5) is 24.8. The van der Waals surface area contributed by atoms with Gasteiger partial charge in [0.05, 0.1) is 18.7 Å². The maximum atomic E-state index is 13.0. The summed E-state index contributed by atoms with van der Waals surface area (Å²) in [6, 6.07) is 11.1. The Balaban J connectivity index is 1.69. The van der Waals surface area contributed by atoms with Crippen molar-refractivity contribution >= 4 is 11.9 Å². The number of aliphatic hydroxyl groups excluding tert-OH is 1. The standard InChI is InChI=1S/C18H16FNO5/c19-13-6-4-11(5-7-13)17(22)20-9-15(21)16(10-20)25-14-3-1-2-12(8-14)18(23)24/h1-8,15-16,21H,9-10H2,(H,23,24)/t15-,16-/m1/s1. The van der Waals surface area contributed by atoms with E-state index in [0.29, 0.717) is 11.3 Å². The van der Waals surface area contributed by atoms with Crippen molar-refractivity contribution in [2.24, 2.45) is 0 Å². The van der Waals surface area contributed by atoms with Crippen molar-refractivity contribution in [3.8, 4) is 5.75 Å². The van der Waals surface area contributed by atoms with E-state index in [1.54, 1.807) is 12.1 Å². The molecule has 0 bridgehead atoms. The van der Waals surface area contributed by atoms with Crippen molar-refractivity contribution in [3.63, 3.8) is 0 Å². The molecule has 3 rings (SSSR count). The summed E-state index contributed by atoms with van der Waals surface area (Å²) in [5, 5.41) is 19.1. The molecule has 0 saturated carbocycles. The molecular weight excluding hydrogens is 329 g/mol. The van der Waals surface area contributed by atoms with Gasteiger partial charge in [-0.25, -0.2) is 9.18 Å². The van der Waals surface area contributed by atoms with E-state index in [1.807, 2.05) is 0 Å². The Labute approximate surface area is 143 Å². The average Bonchev–Trinajstić information content (AvgIpc) is 2.96. The van der Waals surface area contributed by atoms with Crippen LogP contribution in [0.3, 0.4) is 0 Å². The minimum absolute atomic E-state index is 0.0734. The summed E-state index contributed by atoms with van der Waals surface area (Å²) in [5.41, 5.74) is 0.395. The topological polar surface area (TPSA) is 87.1 Å². The van der Waals surface area contributed by atoms with Crippen LogP contribution in [-0.4, -0.2) is 52.3 Å². The van der Waals surface area contributed by atoms with Gasteiger partial charge >= 0.3 is 5.97 Å². The number of carbonyl (C=O) groups excluding carboxylic acids is 1. The first kappa shape index (κ1) is 16.9. The number of aromatic carboxylic acids is 1. The van der Waals surface area contributed by atoms with Gasteiger partial charge in [-0.05, 0) is 42.5 Å². The maximum absolute atomic E-state index is 13.0. The summed E-state index contributed by atoms with van der Waals surface area (Å²) in [5.74, 6) is -1.53. The zero-order valence-electron chi connectivity index (χ0n) is 13.1. The van der Waals surface area contributed by atoms with Gasteiger partial charge in [0.1, 0.15) is 23.8 Å². The lowest BCUT2D eigenvalue weighted by atomic mass is 10.2. The second-order valence-corrected chi connectivity index (χ2v) is 5.77. The third-order valence-corrected chi connectivity index (χ3v) is 3.98. The second-order valence-electron chi connectivity index (χ2n) is 5.77. The van der Waals surface area contributed by atoms with Crippen molar-refractivity contribution in [1.82, 2.24) is 4.90 Å². The number of carbonyl (C=O) groups is 2. The van der Waals surface area contributed by atoms with E-state index in [-0.39, 0.29) is 24.6 Å². The van der Waals surface area contributed by atoms with Crippen molar-refractivity contribution < 1.29 is 28.9 Å². The molecule has 0 aliphatic carbocycles. The molecule has 2 atom stereocenters. The predicted octanol–water partition coefficient (Wildman–Crippen LogP) is 1.79. The van der Waals surface area contributed by atoms with Gasteiger partial charge in [-0.15, -0.1) is 0 Å². The van der Waals surface area contributed by atoms with Gasteiger partial charge in [0.25, 0.3) is 5.91 Å². The number of benzene rings is 2. The number of amides is 1. The van der Waals surface area contributed by atoms with Crippen molar-refractivity contribution in [2.75, 3.05) is 13.1 Å². The number of likely N-dealkylation sites (tertiary alicyclic amines) is 1. The molecule has 1 saturated heterocycles. The molecule has 0 spiro atoms. The minimum Gasteiger partial charge on any atom is -0.486 e. The Morgan fingerprint density at radius 1 is 1.08 bits per heavy atom. The van der Waals surface area contributed by atoms with Gasteiger partial charge in [0, 0.05) is 5.56 Å². The lowest BCUT2D eigenvalue weighted by Crippen LogP contribution is -2.31. The lowest BCUT2D eigenvalue weighted by molar-refractivity contribution is 0.0686. The Morgan fingerprint density at radius 3 is 2.48 bits per heavy atom. The van der Waals surface area contributed by atoms with Crippen LogP contribution in [0.4, 0.5) is 4.39 Å². The molecule has 1 amide bonds. The number of rotatable bonds is 4. The summed E-state index contributed by atoms with van der Waals surface area (Å²) in [6.45, 7) is 0.230. The number of aliphatic hydroxyl groups is 1. The molecule has 0 unspecified atom stereocenters. The largest absolute Gasteiger partial charge is 0.486 e. The normalized spacial score (nSPS) is 19.7. The fraction of sp³-hybridized carbons (Fsp3) is 0.222. The van der Waals surface area contributed by atoms with E-state index in [4.69, 9.17) is 9.84 Å². The molecule has 2 N–H and O–H groups in total. The number of hydrogen-bond donors (Lipinski definition) is 2. The average molecular weight is 345 g/mol. The second kappa shape index (κ2) is 6.90. The molecule has 6 nitrogen and oxygen atoms in total. The zero-order chi connectivity index (χ0) is 18.0. The number of ether oxygens (including phenoxy) is 1. The van der Waals surface area contributed by atoms with E-state index in [9.17, 15) is 19.1 Å². The Morgan fingerprint density at radius 2 is 1.80 bits per heavy atom. The van der Waals surface area contributed by atoms with Crippen LogP contribution in [0.2, 0.25) is 0 Å². The molecule has 1 aliphatic heterocycles. The van der Waals surface area contributed by atoms with E-state index < -0.39 is 24.0 Å². The van der Waals surface area contributed by atoms with Gasteiger partial charge in [0.15, 0.2) is 0 Å². The van der Waals surface area contributed by atoms with Crippen molar-refractivity contribution in [1.29, 1.82) is 0 Å². The number of β-amino-alcohol motifs (C(OH)–C–C–N with tert-alkyl or cyclic N) is 1. The van der Waals surface area contributed by atoms with Crippen LogP contribution in [0.5, 0.6) is 5.75 Å². The molecule has 0 aromatic heterocycles. The highest BCUT2D eigenvalue weighted by atomic mass is 19.1. The van der Waals surface area contributed by atoms with Crippen LogP contribution in [0.15, 0.2) is 48.5 Å². The number of nitrogens with zero attached hydrogens (tertiary/aromatic N) is 1. The fourth-order valence-corrected chi connectivity index (χ4v) is 2.69. The van der Waals surface area contributed by atoms with Crippen LogP contribution >= 0.6 is 0 Å². The first-order valence-electron chi connectivity index (χ1n) is 7.67. The minimum atomic E-state index is -1.08. The highest BCUT2D eigenvalue weighted by molar-refractivity contribution is 5.94. The van der Waals surface area contributed by atoms with Crippen LogP contribution in [0.1, 0.15) is 20.7 Å². The molecule has 25 heavy (non-hydrogen) atoms. The van der Waals surface area contributed by atoms with Crippen molar-refractivity contribution in [3.05, 3.63) is 65.5 Å². The van der Waals surface area contributed by atoms with Crippen LogP contribution in [0, 0.1) is 5.82 Å². The molecular formula is C18H16FNO5. The first-order chi connectivity index (χ1) is 11.9. The van der Waals surface area contributed by atoms with E-state index in [0.717, 1.165) is 0 Å². The number of carboxylic acids is 1. The lowest BCUT2D eigenvalue weighted by Gasteiger charge is -2.17. The van der Waals surface area contributed by atoms with E-state index in [1.165, 1.54) is 41.3 Å². The number of halogens is 1. The highest BCUT2D eigenvalue weighted by Crippen LogP contribution is 2.21. The smallest absolute Gasteiger partial charge is 0.335 e. The summed E-state index contributed by atoms with van der Waals surface area (Å²) in [7, 11) is 0. The van der Waals surface area contributed by atoms with Gasteiger partial charge in [0.2, 0.25) is 0 Å². The SMILES string of the molecule is O=C(O)c1cccc(O[C@@H]2CN(C(=O)c3ccc(F)cc3)C[C@H]2O)c1. The first-order valence-corrected chi connectivity index (χ1v) is 7.67. The summed E-state index contributed by atoms with van der Waals surface area (Å²) in [6.07, 6.45) is -1.58. The quantitative estimate of drug-likeness (QED) is 0.882. The van der Waals surface area contributed by atoms with Gasteiger partial charge in [-0.2, -0.15) is 0 Å². The predicted molar refractivity (Wildman–Crippen MR) is 86.1 cm³/mol. The molecule has 2 aromatic rings. The molecule has 1 fully saturated rings. The van der Waals surface area contributed by atoms with Crippen LogP contribution < -0.4 is 4.74 Å². The molecule has 0 radical (unpaired) electrons. The monoisotopic (exact) mass is 345 g/mol. The summed E-state index contributed by atoms with van der Waals surface area (Å²) < 4.78 is 18.6. The van der Waals surface area contributed by atoms with Crippen LogP contribution in [-0.2, 0) is 0 Å². The Bertz CT molecular complexity index is 792. The van der Waals surface area contributed by atoms with E-state index >= 15 is 0 Å². The van der Waals surface area contributed by atoms with Gasteiger partial charge in [-0.3, -0.25) is 4.79 Å². The number of carboxylic acid groups (broad SMARTS) is 1. The maximum Gasteiger partial charge on any atom is 0.335 e. The summed E-state index contributed by atoms with van der Waals surface area (Å²) >= 11 is 0. The van der Waals surface area contributed by atoms with E-state index in [2.05, 4.69) is 0 Å². The highest BCUT2D eigenvalue weighted by Gasteiger charge is 2.36. The molecule has 130 valence electrons. The molecule has 2 aromatic carbocycles. The van der Waals surface area contributed by atoms with Gasteiger partial charge < -0.3 is 19.8 Å². The third-order valence-electron chi connectivity index (χ3n) is 3.98. The molecule has 1 heterocycles. The van der Waals surface area contributed by atoms with Gasteiger partial charge in [-0.1, -0.05) is 6.07 Å². The fourth-order valence-electron chi connectivity index (χ4n) is 2.69. The number of hydrogen-bond acceptors (Lipinski definition) is 4. The molecule has 1 aliphatic rings. The Kier molecular flexibility index (Phi) is 4.67. The molecule has 7 heteroatoms.